The van der Waals surface area contributed by atoms with Crippen molar-refractivity contribution in [3.05, 3.63) is 24.4 Å². The standard InChI is InChI=1S/C8H5N3Se/c1-2-6-8(11-12-10-6)7-5(1)3-4-9-7/h1-4,10H. The molecule has 12 heavy (non-hydrogen) atoms. The van der Waals surface area contributed by atoms with Crippen LogP contribution >= 0.6 is 0 Å². The van der Waals surface area contributed by atoms with Gasteiger partial charge in [0.1, 0.15) is 0 Å². The van der Waals surface area contributed by atoms with Crippen LogP contribution in [-0.2, 0) is 0 Å². The molecule has 3 rings (SSSR count). The summed E-state index contributed by atoms with van der Waals surface area (Å²) in [5.41, 5.74) is 3.19. The van der Waals surface area contributed by atoms with Gasteiger partial charge in [0.15, 0.2) is 0 Å². The van der Waals surface area contributed by atoms with Gasteiger partial charge in [0, 0.05) is 0 Å². The number of fused-ring (bicyclic) bond motifs is 3. The van der Waals surface area contributed by atoms with E-state index in [2.05, 4.69) is 25.1 Å². The van der Waals surface area contributed by atoms with E-state index in [9.17, 15) is 0 Å². The number of hydrogen-bond acceptors (Lipinski definition) is 2. The van der Waals surface area contributed by atoms with E-state index in [1.165, 1.54) is 5.39 Å². The summed E-state index contributed by atoms with van der Waals surface area (Å²) in [6, 6.07) is 6.15. The first kappa shape index (κ1) is 6.40. The molecule has 0 radical (unpaired) electrons. The molecule has 58 valence electrons. The van der Waals surface area contributed by atoms with Crippen LogP contribution in [0.3, 0.4) is 0 Å². The molecule has 4 heteroatoms. The van der Waals surface area contributed by atoms with Crippen LogP contribution in [0.15, 0.2) is 24.4 Å². The molecule has 0 aliphatic heterocycles. The van der Waals surface area contributed by atoms with Crippen molar-refractivity contribution in [2.75, 3.05) is 0 Å². The first-order chi connectivity index (χ1) is 5.95. The van der Waals surface area contributed by atoms with Crippen LogP contribution in [0.25, 0.3) is 21.9 Å². The average Bonchev–Trinajstić information content (AvgIpc) is 2.71. The van der Waals surface area contributed by atoms with E-state index in [0.717, 1.165) is 16.6 Å². The quantitative estimate of drug-likeness (QED) is 0.580. The first-order valence-electron chi connectivity index (χ1n) is 3.62. The van der Waals surface area contributed by atoms with Crippen LogP contribution in [0.1, 0.15) is 0 Å². The van der Waals surface area contributed by atoms with Crippen LogP contribution in [0.4, 0.5) is 0 Å². The maximum absolute atomic E-state index is 4.39. The van der Waals surface area contributed by atoms with E-state index >= 15 is 0 Å². The molecule has 1 aromatic carbocycles. The van der Waals surface area contributed by atoms with Crippen LogP contribution in [0.5, 0.6) is 0 Å². The van der Waals surface area contributed by atoms with Crippen molar-refractivity contribution in [3.63, 3.8) is 0 Å². The van der Waals surface area contributed by atoms with Gasteiger partial charge in [-0.25, -0.2) is 0 Å². The Balaban J connectivity index is 2.71. The molecule has 0 unspecified atom stereocenters. The fourth-order valence-corrected chi connectivity index (χ4v) is 2.58. The number of hydrogen-bond donors (Lipinski definition) is 1. The van der Waals surface area contributed by atoms with E-state index < -0.39 is 0 Å². The van der Waals surface area contributed by atoms with Crippen LogP contribution in [-0.4, -0.2) is 27.9 Å². The Morgan fingerprint density at radius 1 is 1.17 bits per heavy atom. The zero-order valence-corrected chi connectivity index (χ0v) is 7.83. The third-order valence-corrected chi connectivity index (χ3v) is 3.16. The Kier molecular flexibility index (Phi) is 1.17. The number of aromatic amines is 1. The van der Waals surface area contributed by atoms with E-state index in [1.54, 1.807) is 0 Å². The van der Waals surface area contributed by atoms with Crippen molar-refractivity contribution < 1.29 is 0 Å². The van der Waals surface area contributed by atoms with E-state index in [-0.39, 0.29) is 15.0 Å². The normalized spacial score (nSPS) is 11.3. The van der Waals surface area contributed by atoms with Gasteiger partial charge in [0.2, 0.25) is 0 Å². The minimum atomic E-state index is 0.176. The summed E-state index contributed by atoms with van der Waals surface area (Å²) in [5.74, 6) is 0. The molecule has 0 bridgehead atoms. The summed E-state index contributed by atoms with van der Waals surface area (Å²) in [6.45, 7) is 0. The molecule has 0 aliphatic carbocycles. The number of benzene rings is 1. The summed E-state index contributed by atoms with van der Waals surface area (Å²) in [7, 11) is 0. The fraction of sp³-hybridized carbons (Fsp3) is 0. The monoisotopic (exact) mass is 223 g/mol. The number of aromatic nitrogens is 3. The van der Waals surface area contributed by atoms with Gasteiger partial charge >= 0.3 is 74.2 Å². The molecule has 0 aliphatic rings. The van der Waals surface area contributed by atoms with Crippen LogP contribution in [0.2, 0.25) is 0 Å². The number of nitrogens with zero attached hydrogens (tertiary/aromatic N) is 2. The molecule has 3 nitrogen and oxygen atoms in total. The minimum absolute atomic E-state index is 0.176. The van der Waals surface area contributed by atoms with E-state index in [4.69, 9.17) is 0 Å². The first-order valence-corrected chi connectivity index (χ1v) is 5.25. The summed E-state index contributed by atoms with van der Waals surface area (Å²) in [6.07, 6.45) is 1.83. The number of rotatable bonds is 0. The third kappa shape index (κ3) is 0.709. The van der Waals surface area contributed by atoms with Gasteiger partial charge in [-0.3, -0.25) is 0 Å². The second-order valence-electron chi connectivity index (χ2n) is 2.63. The molecule has 3 aromatic rings. The predicted octanol–water partition coefficient (Wildman–Crippen LogP) is 1.17. The summed E-state index contributed by atoms with van der Waals surface area (Å²) < 4.78 is 7.63. The SMILES string of the molecule is c1cc2ccc3[nH][se]nc3c2n1. The molecule has 2 aromatic heterocycles. The van der Waals surface area contributed by atoms with Crippen molar-refractivity contribution in [2.24, 2.45) is 0 Å². The van der Waals surface area contributed by atoms with Gasteiger partial charge in [-0.15, -0.1) is 0 Å². The van der Waals surface area contributed by atoms with E-state index in [1.807, 2.05) is 12.3 Å². The third-order valence-electron chi connectivity index (χ3n) is 1.93. The summed E-state index contributed by atoms with van der Waals surface area (Å²) >= 11 is 0.176. The van der Waals surface area contributed by atoms with Crippen molar-refractivity contribution in [1.82, 2.24) is 12.9 Å². The molecule has 2 heterocycles. The molecular weight excluding hydrogens is 217 g/mol. The zero-order chi connectivity index (χ0) is 7.97. The van der Waals surface area contributed by atoms with Crippen molar-refractivity contribution in [1.29, 1.82) is 0 Å². The van der Waals surface area contributed by atoms with Gasteiger partial charge in [-0.2, -0.15) is 0 Å². The van der Waals surface area contributed by atoms with Crippen molar-refractivity contribution >= 4 is 36.9 Å². The molecule has 0 amide bonds. The van der Waals surface area contributed by atoms with E-state index in [0.29, 0.717) is 0 Å². The summed E-state index contributed by atoms with van der Waals surface area (Å²) in [4.78, 5) is 4.27. The second-order valence-corrected chi connectivity index (χ2v) is 3.82. The topological polar surface area (TPSA) is 41.6 Å². The Labute approximate surface area is 74.6 Å². The molecule has 0 saturated carbocycles. The second kappa shape index (κ2) is 2.19. The zero-order valence-electron chi connectivity index (χ0n) is 6.11. The molecule has 1 N–H and O–H groups in total. The van der Waals surface area contributed by atoms with Gasteiger partial charge in [0.25, 0.3) is 0 Å². The molecule has 0 fully saturated rings. The molecule has 0 saturated heterocycles. The Hall–Kier alpha value is -1.12. The predicted molar refractivity (Wildman–Crippen MR) is 48.3 cm³/mol. The van der Waals surface area contributed by atoms with Crippen LogP contribution < -0.4 is 0 Å². The maximum atomic E-state index is 4.39. The van der Waals surface area contributed by atoms with Gasteiger partial charge in [-0.1, -0.05) is 0 Å². The fourth-order valence-electron chi connectivity index (χ4n) is 1.35. The van der Waals surface area contributed by atoms with Gasteiger partial charge in [0.05, 0.1) is 0 Å². The Bertz CT molecular complexity index is 487. The van der Waals surface area contributed by atoms with Crippen molar-refractivity contribution in [3.8, 4) is 0 Å². The molecular formula is C8H5N3Se. The van der Waals surface area contributed by atoms with Gasteiger partial charge in [-0.05, 0) is 0 Å². The average molecular weight is 222 g/mol. The van der Waals surface area contributed by atoms with Crippen molar-refractivity contribution in [2.45, 2.75) is 0 Å². The Morgan fingerprint density at radius 3 is 3.17 bits per heavy atom. The molecule has 0 spiro atoms. The van der Waals surface area contributed by atoms with Crippen LogP contribution in [0, 0.1) is 0 Å². The summed E-state index contributed by atoms with van der Waals surface area (Å²) in [5, 5.41) is 1.18. The number of H-pyrrole nitrogens is 1. The Morgan fingerprint density at radius 2 is 2.17 bits per heavy atom. The van der Waals surface area contributed by atoms with Gasteiger partial charge < -0.3 is 0 Å². The number of nitrogens with one attached hydrogen (secondary N) is 1. The molecule has 0 atom stereocenters.